The highest BCUT2D eigenvalue weighted by Gasteiger charge is 2.23. The van der Waals surface area contributed by atoms with Crippen molar-refractivity contribution >= 4 is 29.1 Å². The van der Waals surface area contributed by atoms with E-state index < -0.39 is 0 Å². The number of hydrogen-bond donors (Lipinski definition) is 1. The first-order chi connectivity index (χ1) is 8.61. The number of rotatable bonds is 2. The number of nitrogens with two attached hydrogens (primary N) is 1. The Labute approximate surface area is 117 Å². The van der Waals surface area contributed by atoms with Gasteiger partial charge < -0.3 is 10.6 Å². The number of carbonyl (C=O) groups excluding carboxylic acids is 1. The van der Waals surface area contributed by atoms with Crippen LogP contribution in [0.25, 0.3) is 0 Å². The number of benzene rings is 1. The second-order valence-corrected chi connectivity index (χ2v) is 5.44. The summed E-state index contributed by atoms with van der Waals surface area (Å²) in [5.41, 5.74) is 6.26. The Balaban J connectivity index is 2.12. The van der Waals surface area contributed by atoms with E-state index in [0.29, 0.717) is 28.1 Å². The zero-order chi connectivity index (χ0) is 13.1. The third kappa shape index (κ3) is 2.97. The summed E-state index contributed by atoms with van der Waals surface area (Å²) in [7, 11) is 0. The van der Waals surface area contributed by atoms with Crippen LogP contribution in [0.5, 0.6) is 0 Å². The fourth-order valence-electron chi connectivity index (χ4n) is 2.25. The fraction of sp³-hybridized carbons (Fsp3) is 0.462. The van der Waals surface area contributed by atoms with E-state index in [-0.39, 0.29) is 5.91 Å². The number of hydrogen-bond acceptors (Lipinski definition) is 2. The zero-order valence-corrected chi connectivity index (χ0v) is 11.5. The van der Waals surface area contributed by atoms with Gasteiger partial charge in [-0.05, 0) is 43.5 Å². The lowest BCUT2D eigenvalue weighted by Crippen LogP contribution is -2.42. The van der Waals surface area contributed by atoms with Crippen LogP contribution in [-0.2, 0) is 0 Å². The first-order valence-corrected chi connectivity index (χ1v) is 6.82. The van der Waals surface area contributed by atoms with Crippen molar-refractivity contribution in [3.63, 3.8) is 0 Å². The third-order valence-corrected chi connectivity index (χ3v) is 4.05. The van der Waals surface area contributed by atoms with Crippen molar-refractivity contribution in [1.82, 2.24) is 4.90 Å². The summed E-state index contributed by atoms with van der Waals surface area (Å²) in [5, 5.41) is 0.876. The van der Waals surface area contributed by atoms with Crippen molar-refractivity contribution in [2.45, 2.75) is 12.8 Å². The predicted octanol–water partition coefficient (Wildman–Crippen LogP) is 2.80. The first-order valence-electron chi connectivity index (χ1n) is 6.06. The van der Waals surface area contributed by atoms with Crippen LogP contribution in [0.1, 0.15) is 23.2 Å². The van der Waals surface area contributed by atoms with E-state index in [1.54, 1.807) is 18.2 Å². The van der Waals surface area contributed by atoms with E-state index in [4.69, 9.17) is 28.9 Å². The minimum Gasteiger partial charge on any atom is -0.338 e. The topological polar surface area (TPSA) is 46.3 Å². The van der Waals surface area contributed by atoms with Gasteiger partial charge in [0.25, 0.3) is 5.91 Å². The molecule has 1 aliphatic heterocycles. The van der Waals surface area contributed by atoms with Gasteiger partial charge in [0.15, 0.2) is 0 Å². The molecule has 1 aliphatic rings. The molecule has 0 aliphatic carbocycles. The molecule has 0 aromatic heterocycles. The molecule has 1 atom stereocenters. The quantitative estimate of drug-likeness (QED) is 0.909. The van der Waals surface area contributed by atoms with Gasteiger partial charge >= 0.3 is 0 Å². The smallest absolute Gasteiger partial charge is 0.253 e. The van der Waals surface area contributed by atoms with Crippen LogP contribution in [0, 0.1) is 5.92 Å². The molecule has 18 heavy (non-hydrogen) atoms. The molecule has 0 spiro atoms. The van der Waals surface area contributed by atoms with Crippen molar-refractivity contribution in [1.29, 1.82) is 0 Å². The Kier molecular flexibility index (Phi) is 4.49. The normalized spacial score (nSPS) is 19.9. The molecule has 1 amide bonds. The van der Waals surface area contributed by atoms with Gasteiger partial charge in [-0.15, -0.1) is 0 Å². The largest absolute Gasteiger partial charge is 0.338 e. The molecule has 5 heteroatoms. The highest BCUT2D eigenvalue weighted by atomic mass is 35.5. The van der Waals surface area contributed by atoms with Gasteiger partial charge in [0.1, 0.15) is 0 Å². The number of carbonyl (C=O) groups is 1. The maximum Gasteiger partial charge on any atom is 0.253 e. The van der Waals surface area contributed by atoms with Crippen molar-refractivity contribution in [2.75, 3.05) is 19.6 Å². The monoisotopic (exact) mass is 286 g/mol. The zero-order valence-electron chi connectivity index (χ0n) is 10.0. The SMILES string of the molecule is NC[C@H]1CCCN(C(=O)c2ccc(Cl)c(Cl)c2)C1. The molecule has 1 fully saturated rings. The average molecular weight is 287 g/mol. The molecule has 2 N–H and O–H groups in total. The van der Waals surface area contributed by atoms with Crippen molar-refractivity contribution in [2.24, 2.45) is 11.7 Å². The van der Waals surface area contributed by atoms with Gasteiger partial charge in [0.05, 0.1) is 10.0 Å². The Morgan fingerprint density at radius 1 is 1.39 bits per heavy atom. The van der Waals surface area contributed by atoms with Gasteiger partial charge in [0.2, 0.25) is 0 Å². The summed E-state index contributed by atoms with van der Waals surface area (Å²) in [5.74, 6) is 0.414. The standard InChI is InChI=1S/C13H16Cl2N2O/c14-11-4-3-10(6-12(11)15)13(18)17-5-1-2-9(7-16)8-17/h3-4,6,9H,1-2,5,7-8,16H2/t9-/m1/s1. The van der Waals surface area contributed by atoms with Crippen molar-refractivity contribution in [3.8, 4) is 0 Å². The maximum absolute atomic E-state index is 12.3. The molecule has 0 saturated carbocycles. The number of halogens is 2. The Bertz CT molecular complexity index is 451. The van der Waals surface area contributed by atoms with E-state index in [1.165, 1.54) is 0 Å². The van der Waals surface area contributed by atoms with Crippen LogP contribution in [0.2, 0.25) is 10.0 Å². The first kappa shape index (κ1) is 13.7. The minimum absolute atomic E-state index is 0.00622. The summed E-state index contributed by atoms with van der Waals surface area (Å²) in [4.78, 5) is 14.2. The summed E-state index contributed by atoms with van der Waals surface area (Å²) >= 11 is 11.8. The van der Waals surface area contributed by atoms with Crippen LogP contribution >= 0.6 is 23.2 Å². The molecule has 0 bridgehead atoms. The van der Waals surface area contributed by atoms with Crippen LogP contribution in [0.4, 0.5) is 0 Å². The maximum atomic E-state index is 12.3. The van der Waals surface area contributed by atoms with Gasteiger partial charge in [0, 0.05) is 18.7 Å². The number of piperidine rings is 1. The molecular weight excluding hydrogens is 271 g/mol. The Hall–Kier alpha value is -0.770. The molecule has 2 rings (SSSR count). The van der Waals surface area contributed by atoms with E-state index in [1.807, 2.05) is 4.90 Å². The highest BCUT2D eigenvalue weighted by molar-refractivity contribution is 6.42. The van der Waals surface area contributed by atoms with Gasteiger partial charge in [-0.3, -0.25) is 4.79 Å². The minimum atomic E-state index is 0.00622. The molecule has 98 valence electrons. The third-order valence-electron chi connectivity index (χ3n) is 3.31. The lowest BCUT2D eigenvalue weighted by Gasteiger charge is -2.32. The van der Waals surface area contributed by atoms with E-state index in [2.05, 4.69) is 0 Å². The predicted molar refractivity (Wildman–Crippen MR) is 74.1 cm³/mol. The van der Waals surface area contributed by atoms with Crippen LogP contribution < -0.4 is 5.73 Å². The van der Waals surface area contributed by atoms with Crippen LogP contribution in [-0.4, -0.2) is 30.4 Å². The molecule has 0 radical (unpaired) electrons. The number of likely N-dealkylation sites (tertiary alicyclic amines) is 1. The van der Waals surface area contributed by atoms with Gasteiger partial charge in [-0.25, -0.2) is 0 Å². The van der Waals surface area contributed by atoms with Crippen LogP contribution in [0.15, 0.2) is 18.2 Å². The summed E-state index contributed by atoms with van der Waals surface area (Å²) in [6, 6.07) is 4.99. The fourth-order valence-corrected chi connectivity index (χ4v) is 2.55. The summed E-state index contributed by atoms with van der Waals surface area (Å²) in [6.07, 6.45) is 2.11. The lowest BCUT2D eigenvalue weighted by atomic mass is 9.97. The van der Waals surface area contributed by atoms with Gasteiger partial charge in [-0.2, -0.15) is 0 Å². The van der Waals surface area contributed by atoms with Crippen molar-refractivity contribution < 1.29 is 4.79 Å². The summed E-state index contributed by atoms with van der Waals surface area (Å²) < 4.78 is 0. The van der Waals surface area contributed by atoms with E-state index >= 15 is 0 Å². The number of nitrogens with zero attached hydrogens (tertiary/aromatic N) is 1. The molecule has 1 saturated heterocycles. The lowest BCUT2D eigenvalue weighted by molar-refractivity contribution is 0.0678. The van der Waals surface area contributed by atoms with Crippen LogP contribution in [0.3, 0.4) is 0 Å². The number of amides is 1. The van der Waals surface area contributed by atoms with Crippen molar-refractivity contribution in [3.05, 3.63) is 33.8 Å². The second-order valence-electron chi connectivity index (χ2n) is 4.62. The second kappa shape index (κ2) is 5.91. The molecule has 3 nitrogen and oxygen atoms in total. The molecule has 1 aromatic rings. The van der Waals surface area contributed by atoms with E-state index in [9.17, 15) is 4.79 Å². The van der Waals surface area contributed by atoms with Gasteiger partial charge in [-0.1, -0.05) is 23.2 Å². The highest BCUT2D eigenvalue weighted by Crippen LogP contribution is 2.24. The Morgan fingerprint density at radius 3 is 2.83 bits per heavy atom. The molecule has 1 aromatic carbocycles. The summed E-state index contributed by atoms with van der Waals surface area (Å²) in [6.45, 7) is 2.15. The molecule has 1 heterocycles. The van der Waals surface area contributed by atoms with E-state index in [0.717, 1.165) is 25.9 Å². The molecule has 0 unspecified atom stereocenters. The molecular formula is C13H16Cl2N2O. The average Bonchev–Trinajstić information content (AvgIpc) is 2.41. The Morgan fingerprint density at radius 2 is 2.17 bits per heavy atom.